The lowest BCUT2D eigenvalue weighted by molar-refractivity contribution is 0.628. The molecule has 1 aromatic carbocycles. The molecule has 0 unspecified atom stereocenters. The molecule has 0 aliphatic carbocycles. The zero-order valence-electron chi connectivity index (χ0n) is 17.9. The first-order chi connectivity index (χ1) is 15.8. The lowest BCUT2D eigenvalue weighted by Crippen LogP contribution is -2.20. The molecular weight excluding hydrogens is 403 g/mol. The van der Waals surface area contributed by atoms with E-state index in [1.165, 1.54) is 37.8 Å². The van der Waals surface area contributed by atoms with Crippen LogP contribution < -0.4 is 9.80 Å². The van der Waals surface area contributed by atoms with Gasteiger partial charge in [-0.2, -0.15) is 5.10 Å². The topological polar surface area (TPSA) is 49.6 Å². The van der Waals surface area contributed by atoms with E-state index in [1.807, 2.05) is 16.8 Å². The number of nitrogens with zero attached hydrogens (tertiary/aromatic N) is 6. The summed E-state index contributed by atoms with van der Waals surface area (Å²) in [5.41, 5.74) is 4.48. The monoisotopic (exact) mass is 428 g/mol. The van der Waals surface area contributed by atoms with Crippen molar-refractivity contribution in [3.05, 3.63) is 60.5 Å². The Morgan fingerprint density at radius 1 is 0.781 bits per heavy atom. The summed E-state index contributed by atoms with van der Waals surface area (Å²) in [6.07, 6.45) is 6.56. The first-order valence-corrected chi connectivity index (χ1v) is 11.4. The van der Waals surface area contributed by atoms with Gasteiger partial charge in [0.15, 0.2) is 0 Å². The van der Waals surface area contributed by atoms with Crippen LogP contribution in [0, 0.1) is 5.82 Å². The first kappa shape index (κ1) is 19.2. The number of anilines is 2. The summed E-state index contributed by atoms with van der Waals surface area (Å²) < 4.78 is 15.7. The second kappa shape index (κ2) is 7.89. The standard InChI is InChI=1S/C25H25FN6/c26-19-10-8-18(9-11-19)24-23(20-12-13-27-25(28-20)31-16-3-4-17-31)21-6-5-7-22(32(21)29-24)30-14-1-2-15-30/h5-13H,1-4,14-17H2. The zero-order chi connectivity index (χ0) is 21.5. The predicted octanol–water partition coefficient (Wildman–Crippen LogP) is 4.80. The summed E-state index contributed by atoms with van der Waals surface area (Å²) in [6.45, 7) is 4.05. The van der Waals surface area contributed by atoms with Gasteiger partial charge in [0.25, 0.3) is 0 Å². The Bertz CT molecular complexity index is 1250. The second-order valence-corrected chi connectivity index (χ2v) is 8.54. The molecule has 2 aliphatic rings. The highest BCUT2D eigenvalue weighted by molar-refractivity contribution is 5.91. The average molecular weight is 429 g/mol. The number of fused-ring (bicyclic) bond motifs is 1. The van der Waals surface area contributed by atoms with Gasteiger partial charge >= 0.3 is 0 Å². The fourth-order valence-corrected chi connectivity index (χ4v) is 4.86. The summed E-state index contributed by atoms with van der Waals surface area (Å²) in [4.78, 5) is 14.1. The van der Waals surface area contributed by atoms with E-state index < -0.39 is 0 Å². The Kier molecular flexibility index (Phi) is 4.74. The highest BCUT2D eigenvalue weighted by atomic mass is 19.1. The summed E-state index contributed by atoms with van der Waals surface area (Å²) in [6, 6.07) is 14.8. The summed E-state index contributed by atoms with van der Waals surface area (Å²) >= 11 is 0. The summed E-state index contributed by atoms with van der Waals surface area (Å²) in [7, 11) is 0. The largest absolute Gasteiger partial charge is 0.357 e. The number of aromatic nitrogens is 4. The summed E-state index contributed by atoms with van der Waals surface area (Å²) in [5.74, 6) is 1.60. The van der Waals surface area contributed by atoms with Gasteiger partial charge in [-0.15, -0.1) is 0 Å². The Hall–Kier alpha value is -3.48. The fraction of sp³-hybridized carbons (Fsp3) is 0.320. The van der Waals surface area contributed by atoms with Gasteiger partial charge in [0, 0.05) is 37.9 Å². The van der Waals surface area contributed by atoms with Crippen molar-refractivity contribution < 1.29 is 4.39 Å². The minimum atomic E-state index is -0.254. The van der Waals surface area contributed by atoms with Crippen molar-refractivity contribution in [3.63, 3.8) is 0 Å². The van der Waals surface area contributed by atoms with Gasteiger partial charge in [-0.3, -0.25) is 0 Å². The van der Waals surface area contributed by atoms with E-state index in [-0.39, 0.29) is 5.82 Å². The van der Waals surface area contributed by atoms with Crippen molar-refractivity contribution in [1.29, 1.82) is 0 Å². The van der Waals surface area contributed by atoms with Crippen LogP contribution in [0.15, 0.2) is 54.7 Å². The Balaban J connectivity index is 1.57. The van der Waals surface area contributed by atoms with E-state index in [4.69, 9.17) is 10.1 Å². The van der Waals surface area contributed by atoms with Crippen molar-refractivity contribution in [2.45, 2.75) is 25.7 Å². The highest BCUT2D eigenvalue weighted by Crippen LogP contribution is 2.37. The number of hydrogen-bond acceptors (Lipinski definition) is 5. The van der Waals surface area contributed by atoms with Crippen LogP contribution in [-0.2, 0) is 0 Å². The lowest BCUT2D eigenvalue weighted by Gasteiger charge is -2.18. The third-order valence-electron chi connectivity index (χ3n) is 6.47. The smallest absolute Gasteiger partial charge is 0.225 e. The molecule has 0 amide bonds. The van der Waals surface area contributed by atoms with Crippen molar-refractivity contribution >= 4 is 17.3 Å². The second-order valence-electron chi connectivity index (χ2n) is 8.54. The molecule has 6 rings (SSSR count). The quantitative estimate of drug-likeness (QED) is 0.467. The van der Waals surface area contributed by atoms with Crippen LogP contribution in [0.1, 0.15) is 25.7 Å². The number of pyridine rings is 1. The molecule has 162 valence electrons. The predicted molar refractivity (Wildman–Crippen MR) is 125 cm³/mol. The summed E-state index contributed by atoms with van der Waals surface area (Å²) in [5, 5.41) is 5.04. The van der Waals surface area contributed by atoms with Crippen molar-refractivity contribution in [2.75, 3.05) is 36.0 Å². The highest BCUT2D eigenvalue weighted by Gasteiger charge is 2.23. The van der Waals surface area contributed by atoms with Crippen LogP contribution in [0.3, 0.4) is 0 Å². The van der Waals surface area contributed by atoms with Crippen molar-refractivity contribution in [1.82, 2.24) is 19.6 Å². The van der Waals surface area contributed by atoms with E-state index in [0.29, 0.717) is 0 Å². The fourth-order valence-electron chi connectivity index (χ4n) is 4.86. The molecule has 0 saturated carbocycles. The zero-order valence-corrected chi connectivity index (χ0v) is 17.9. The molecular formula is C25H25FN6. The van der Waals surface area contributed by atoms with E-state index in [0.717, 1.165) is 66.0 Å². The molecule has 7 heteroatoms. The molecule has 32 heavy (non-hydrogen) atoms. The maximum absolute atomic E-state index is 13.7. The maximum Gasteiger partial charge on any atom is 0.225 e. The third kappa shape index (κ3) is 3.28. The number of halogens is 1. The molecule has 6 nitrogen and oxygen atoms in total. The van der Waals surface area contributed by atoms with Crippen LogP contribution >= 0.6 is 0 Å². The third-order valence-corrected chi connectivity index (χ3v) is 6.47. The van der Waals surface area contributed by atoms with Gasteiger partial charge in [-0.05, 0) is 68.1 Å². The number of rotatable bonds is 4. The molecule has 0 radical (unpaired) electrons. The Morgan fingerprint density at radius 2 is 1.50 bits per heavy atom. The van der Waals surface area contributed by atoms with E-state index >= 15 is 0 Å². The normalized spacial score (nSPS) is 16.4. The molecule has 4 aromatic rings. The van der Waals surface area contributed by atoms with Gasteiger partial charge in [-0.25, -0.2) is 18.9 Å². The van der Waals surface area contributed by atoms with Crippen LogP contribution in [0.2, 0.25) is 0 Å². The van der Waals surface area contributed by atoms with E-state index in [1.54, 1.807) is 12.1 Å². The minimum Gasteiger partial charge on any atom is -0.357 e. The Morgan fingerprint density at radius 3 is 2.25 bits per heavy atom. The van der Waals surface area contributed by atoms with Crippen molar-refractivity contribution in [2.24, 2.45) is 0 Å². The molecule has 0 N–H and O–H groups in total. The Labute approximate surface area is 186 Å². The van der Waals surface area contributed by atoms with E-state index in [9.17, 15) is 4.39 Å². The van der Waals surface area contributed by atoms with Crippen LogP contribution in [-0.4, -0.2) is 45.8 Å². The van der Waals surface area contributed by atoms with Gasteiger partial charge in [0.1, 0.15) is 17.3 Å². The molecule has 0 atom stereocenters. The maximum atomic E-state index is 13.7. The van der Waals surface area contributed by atoms with Gasteiger partial charge < -0.3 is 9.80 Å². The van der Waals surface area contributed by atoms with Crippen LogP contribution in [0.5, 0.6) is 0 Å². The van der Waals surface area contributed by atoms with Gasteiger partial charge in [0.2, 0.25) is 5.95 Å². The molecule has 0 bridgehead atoms. The molecule has 2 fully saturated rings. The van der Waals surface area contributed by atoms with Crippen LogP contribution in [0.4, 0.5) is 16.2 Å². The van der Waals surface area contributed by atoms with E-state index in [2.05, 4.69) is 33.0 Å². The first-order valence-electron chi connectivity index (χ1n) is 11.4. The molecule has 2 saturated heterocycles. The van der Waals surface area contributed by atoms with Gasteiger partial charge in [0.05, 0.1) is 16.8 Å². The lowest BCUT2D eigenvalue weighted by atomic mass is 10.0. The van der Waals surface area contributed by atoms with Gasteiger partial charge in [-0.1, -0.05) is 6.07 Å². The minimum absolute atomic E-state index is 0.254. The SMILES string of the molecule is Fc1ccc(-c2nn3c(N4CCCC4)cccc3c2-c2ccnc(N3CCCC3)n2)cc1. The molecule has 3 aromatic heterocycles. The molecule has 5 heterocycles. The number of hydrogen-bond donors (Lipinski definition) is 0. The molecule has 0 spiro atoms. The average Bonchev–Trinajstić information content (AvgIpc) is 3.60. The van der Waals surface area contributed by atoms with Crippen LogP contribution in [0.25, 0.3) is 28.0 Å². The number of benzene rings is 1. The molecule has 2 aliphatic heterocycles. The van der Waals surface area contributed by atoms with Crippen molar-refractivity contribution in [3.8, 4) is 22.5 Å².